The molecule has 3 rings (SSSR count). The molecule has 31 heavy (non-hydrogen) atoms. The van der Waals surface area contributed by atoms with Crippen LogP contribution in [0, 0.1) is 0 Å². The third-order valence-corrected chi connectivity index (χ3v) is 4.07. The van der Waals surface area contributed by atoms with Gasteiger partial charge in [0.05, 0.1) is 11.8 Å². The van der Waals surface area contributed by atoms with Gasteiger partial charge in [-0.3, -0.25) is 0 Å². The molecule has 0 fully saturated rings. The number of aryl methyl sites for hydroxylation is 1. The summed E-state index contributed by atoms with van der Waals surface area (Å²) in [6, 6.07) is 5.00. The van der Waals surface area contributed by atoms with Crippen molar-refractivity contribution < 1.29 is 45.0 Å². The topological polar surface area (TPSA) is 85.8 Å². The van der Waals surface area contributed by atoms with Gasteiger partial charge in [-0.05, 0) is 12.1 Å². The molecule has 2 aromatic heterocycles. The molecular weight excluding hydrogens is 446 g/mol. The Hall–Kier alpha value is -3.52. The van der Waals surface area contributed by atoms with Crippen LogP contribution in [0.15, 0.2) is 30.5 Å². The van der Waals surface area contributed by atoms with Gasteiger partial charge in [0, 0.05) is 12.6 Å². The van der Waals surface area contributed by atoms with Gasteiger partial charge in [-0.1, -0.05) is 17.3 Å². The molecule has 3 aromatic rings. The van der Waals surface area contributed by atoms with Gasteiger partial charge in [0.1, 0.15) is 11.3 Å². The summed E-state index contributed by atoms with van der Waals surface area (Å²) in [6.45, 7) is 0. The number of aromatic nitrogens is 5. The van der Waals surface area contributed by atoms with Gasteiger partial charge in [-0.2, -0.15) is 40.2 Å². The second-order valence-corrected chi connectivity index (χ2v) is 6.18. The molecule has 1 N–H and O–H groups in total. The summed E-state index contributed by atoms with van der Waals surface area (Å²) >= 11 is 0. The highest BCUT2D eigenvalue weighted by atomic mass is 19.4. The molecule has 0 radical (unpaired) electrons. The van der Waals surface area contributed by atoms with Crippen LogP contribution < -0.4 is 0 Å². The molecule has 15 heteroatoms. The van der Waals surface area contributed by atoms with E-state index in [1.165, 1.54) is 18.2 Å². The average molecular weight is 455 g/mol. The Bertz CT molecular complexity index is 1150. The van der Waals surface area contributed by atoms with E-state index < -0.39 is 41.3 Å². The molecule has 0 aliphatic heterocycles. The molecule has 0 bridgehead atoms. The summed E-state index contributed by atoms with van der Waals surface area (Å²) in [5.74, 6) is -8.44. The van der Waals surface area contributed by atoms with Crippen molar-refractivity contribution in [3.05, 3.63) is 47.3 Å². The van der Waals surface area contributed by atoms with Crippen molar-refractivity contribution in [1.82, 2.24) is 24.8 Å². The van der Waals surface area contributed by atoms with E-state index >= 15 is 0 Å². The van der Waals surface area contributed by atoms with Crippen molar-refractivity contribution in [2.24, 2.45) is 7.05 Å². The molecule has 0 amide bonds. The molecule has 7 nitrogen and oxygen atoms in total. The van der Waals surface area contributed by atoms with E-state index in [0.29, 0.717) is 4.68 Å². The number of halogens is 8. The van der Waals surface area contributed by atoms with E-state index in [0.717, 1.165) is 19.3 Å². The number of nitrogens with zero attached hydrogens (tertiary/aromatic N) is 5. The van der Waals surface area contributed by atoms with Crippen LogP contribution in [0.3, 0.4) is 0 Å². The van der Waals surface area contributed by atoms with Gasteiger partial charge >= 0.3 is 24.2 Å². The van der Waals surface area contributed by atoms with E-state index in [2.05, 4.69) is 15.4 Å². The number of hydrogen-bond donors (Lipinski definition) is 1. The number of alkyl halides is 8. The second kappa shape index (κ2) is 7.02. The SMILES string of the molecule is Cn1nc(C(F)(F)C(F)(F)F)c(C(F)(F)F)c1-n1cc(-c2cccc(C(=O)O)c2)nn1. The van der Waals surface area contributed by atoms with E-state index in [9.17, 15) is 39.9 Å². The smallest absolute Gasteiger partial charge is 0.459 e. The van der Waals surface area contributed by atoms with Gasteiger partial charge in [-0.25, -0.2) is 14.2 Å². The Morgan fingerprint density at radius 1 is 1.06 bits per heavy atom. The minimum absolute atomic E-state index is 0.0997. The van der Waals surface area contributed by atoms with Gasteiger partial charge in [-0.15, -0.1) is 5.10 Å². The molecule has 0 saturated carbocycles. The molecule has 2 heterocycles. The zero-order valence-electron chi connectivity index (χ0n) is 15.0. The minimum Gasteiger partial charge on any atom is -0.478 e. The Morgan fingerprint density at radius 3 is 2.26 bits per heavy atom. The number of rotatable bonds is 4. The fraction of sp³-hybridized carbons (Fsp3) is 0.250. The van der Waals surface area contributed by atoms with Gasteiger partial charge < -0.3 is 5.11 Å². The largest absolute Gasteiger partial charge is 0.478 e. The fourth-order valence-electron chi connectivity index (χ4n) is 2.70. The van der Waals surface area contributed by atoms with Crippen molar-refractivity contribution in [3.63, 3.8) is 0 Å². The highest BCUT2D eigenvalue weighted by Gasteiger charge is 2.64. The Morgan fingerprint density at radius 2 is 1.71 bits per heavy atom. The summed E-state index contributed by atoms with van der Waals surface area (Å²) < 4.78 is 107. The fourth-order valence-corrected chi connectivity index (χ4v) is 2.70. The normalized spacial score (nSPS) is 12.9. The third kappa shape index (κ3) is 3.82. The quantitative estimate of drug-likeness (QED) is 0.601. The van der Waals surface area contributed by atoms with E-state index in [4.69, 9.17) is 5.11 Å². The molecule has 0 aliphatic rings. The first-order valence-electron chi connectivity index (χ1n) is 8.00. The summed E-state index contributed by atoms with van der Waals surface area (Å²) in [6.07, 6.45) is -11.2. The minimum atomic E-state index is -6.33. The van der Waals surface area contributed by atoms with Crippen LogP contribution in [0.25, 0.3) is 17.1 Å². The highest BCUT2D eigenvalue weighted by molar-refractivity contribution is 5.89. The van der Waals surface area contributed by atoms with E-state index in [1.54, 1.807) is 0 Å². The Balaban J connectivity index is 2.19. The molecule has 0 spiro atoms. The predicted octanol–water partition coefficient (Wildman–Crippen LogP) is 4.04. The molecule has 0 aliphatic carbocycles. The summed E-state index contributed by atoms with van der Waals surface area (Å²) in [5.41, 5.74) is -5.12. The van der Waals surface area contributed by atoms with Gasteiger partial charge in [0.25, 0.3) is 0 Å². The number of aromatic carboxylic acids is 1. The summed E-state index contributed by atoms with van der Waals surface area (Å²) in [7, 11) is 0.729. The first kappa shape index (κ1) is 22.2. The monoisotopic (exact) mass is 455 g/mol. The summed E-state index contributed by atoms with van der Waals surface area (Å²) in [5, 5.41) is 18.7. The lowest BCUT2D eigenvalue weighted by Gasteiger charge is -2.19. The van der Waals surface area contributed by atoms with Crippen LogP contribution in [0.4, 0.5) is 35.1 Å². The van der Waals surface area contributed by atoms with Crippen LogP contribution in [0.2, 0.25) is 0 Å². The van der Waals surface area contributed by atoms with Crippen molar-refractivity contribution in [1.29, 1.82) is 0 Å². The lowest BCUT2D eigenvalue weighted by molar-refractivity contribution is -0.292. The predicted molar refractivity (Wildman–Crippen MR) is 85.5 cm³/mol. The lowest BCUT2D eigenvalue weighted by atomic mass is 10.1. The standard InChI is InChI=1S/C16H9F8N5O2/c1-28-12(10(15(19,20)21)11(26-28)14(17,18)16(22,23)24)29-6-9(25-27-29)7-3-2-4-8(5-7)13(30)31/h2-6H,1H3,(H,30,31). The van der Waals surface area contributed by atoms with Crippen LogP contribution in [0.5, 0.6) is 0 Å². The first-order valence-corrected chi connectivity index (χ1v) is 8.00. The van der Waals surface area contributed by atoms with Crippen molar-refractivity contribution >= 4 is 5.97 Å². The van der Waals surface area contributed by atoms with Crippen molar-refractivity contribution in [2.75, 3.05) is 0 Å². The first-order chi connectivity index (χ1) is 14.1. The van der Waals surface area contributed by atoms with Crippen LogP contribution in [-0.4, -0.2) is 42.0 Å². The zero-order chi connectivity index (χ0) is 23.4. The maximum absolute atomic E-state index is 13.8. The maximum Gasteiger partial charge on any atom is 0.459 e. The molecule has 0 unspecified atom stereocenters. The van der Waals surface area contributed by atoms with Gasteiger partial charge in [0.2, 0.25) is 0 Å². The van der Waals surface area contributed by atoms with Crippen LogP contribution in [0.1, 0.15) is 21.6 Å². The molecule has 1 aromatic carbocycles. The number of carboxylic acid groups (broad SMARTS) is 1. The molecule has 0 atom stereocenters. The van der Waals surface area contributed by atoms with E-state index in [1.807, 2.05) is 0 Å². The number of hydrogen-bond acceptors (Lipinski definition) is 4. The molecule has 0 saturated heterocycles. The second-order valence-electron chi connectivity index (χ2n) is 6.18. The highest BCUT2D eigenvalue weighted by Crippen LogP contribution is 2.49. The number of carboxylic acids is 1. The summed E-state index contributed by atoms with van der Waals surface area (Å²) in [4.78, 5) is 11.0. The van der Waals surface area contributed by atoms with Crippen LogP contribution >= 0.6 is 0 Å². The average Bonchev–Trinajstić information content (AvgIpc) is 3.25. The Labute approximate surface area is 166 Å². The van der Waals surface area contributed by atoms with Gasteiger partial charge in [0.15, 0.2) is 11.5 Å². The zero-order valence-corrected chi connectivity index (χ0v) is 15.0. The number of benzene rings is 1. The molecular formula is C16H9F8N5O2. The van der Waals surface area contributed by atoms with Crippen molar-refractivity contribution in [3.8, 4) is 17.1 Å². The van der Waals surface area contributed by atoms with Crippen molar-refractivity contribution in [2.45, 2.75) is 18.3 Å². The van der Waals surface area contributed by atoms with Crippen LogP contribution in [-0.2, 0) is 19.1 Å². The van der Waals surface area contributed by atoms with E-state index in [-0.39, 0.29) is 21.5 Å². The maximum atomic E-state index is 13.8. The number of carbonyl (C=O) groups is 1. The lowest BCUT2D eigenvalue weighted by Crippen LogP contribution is -2.36. The third-order valence-electron chi connectivity index (χ3n) is 4.07. The Kier molecular flexibility index (Phi) is 5.02. The molecule has 166 valence electrons.